The van der Waals surface area contributed by atoms with Crippen molar-refractivity contribution in [1.29, 1.82) is 0 Å². The van der Waals surface area contributed by atoms with E-state index in [0.717, 1.165) is 47.2 Å². The van der Waals surface area contributed by atoms with Crippen molar-refractivity contribution < 1.29 is 9.18 Å². The first-order valence-electron chi connectivity index (χ1n) is 10.6. The predicted octanol–water partition coefficient (Wildman–Crippen LogP) is 4.95. The molecule has 0 bridgehead atoms. The monoisotopic (exact) mass is 438 g/mol. The van der Waals surface area contributed by atoms with Gasteiger partial charge in [0.2, 0.25) is 0 Å². The maximum absolute atomic E-state index is 14.1. The fraction of sp³-hybridized carbons (Fsp3) is 0.375. The highest BCUT2D eigenvalue weighted by Crippen LogP contribution is 2.30. The third kappa shape index (κ3) is 4.77. The molecule has 1 aromatic carbocycles. The number of hydrogen-bond donors (Lipinski definition) is 1. The zero-order valence-electron chi connectivity index (χ0n) is 18.1. The highest BCUT2D eigenvalue weighted by Gasteiger charge is 2.29. The van der Waals surface area contributed by atoms with Crippen LogP contribution < -0.4 is 5.32 Å². The minimum atomic E-state index is -0.186. The normalized spacial score (nSPS) is 16.4. The van der Waals surface area contributed by atoms with Crippen LogP contribution in [-0.2, 0) is 6.42 Å². The SMILES string of the molecule is CNc1nc(C)c(C(=O)N2CCC[C@H](c3cc(Cc4ccccc4F)cc(C)n3)C2)s1. The second kappa shape index (κ2) is 9.14. The fourth-order valence-corrected chi connectivity index (χ4v) is 5.08. The Labute approximate surface area is 186 Å². The second-order valence-electron chi connectivity index (χ2n) is 8.08. The van der Waals surface area contributed by atoms with Crippen molar-refractivity contribution in [2.75, 3.05) is 25.5 Å². The Morgan fingerprint density at radius 1 is 1.26 bits per heavy atom. The molecule has 3 heterocycles. The number of benzene rings is 1. The number of halogens is 1. The van der Waals surface area contributed by atoms with Crippen LogP contribution in [-0.4, -0.2) is 40.9 Å². The van der Waals surface area contributed by atoms with E-state index in [-0.39, 0.29) is 17.6 Å². The van der Waals surface area contributed by atoms with Gasteiger partial charge >= 0.3 is 0 Å². The van der Waals surface area contributed by atoms with E-state index in [1.54, 1.807) is 6.07 Å². The number of amides is 1. The number of aromatic nitrogens is 2. The Morgan fingerprint density at radius 3 is 2.81 bits per heavy atom. The van der Waals surface area contributed by atoms with E-state index < -0.39 is 0 Å². The number of anilines is 1. The third-order valence-corrected chi connectivity index (χ3v) is 6.88. The number of likely N-dealkylation sites (tertiary alicyclic amines) is 1. The summed E-state index contributed by atoms with van der Waals surface area (Å²) in [5, 5.41) is 3.77. The Hall–Kier alpha value is -2.80. The fourth-order valence-electron chi connectivity index (χ4n) is 4.19. The molecule has 4 rings (SSSR count). The highest BCUT2D eigenvalue weighted by molar-refractivity contribution is 7.17. The molecule has 1 fully saturated rings. The van der Waals surface area contributed by atoms with Crippen molar-refractivity contribution >= 4 is 22.4 Å². The van der Waals surface area contributed by atoms with Gasteiger partial charge in [-0.2, -0.15) is 0 Å². The molecule has 1 amide bonds. The van der Waals surface area contributed by atoms with Crippen LogP contribution in [0.2, 0.25) is 0 Å². The van der Waals surface area contributed by atoms with Crippen molar-refractivity contribution in [2.24, 2.45) is 0 Å². The van der Waals surface area contributed by atoms with E-state index in [0.29, 0.717) is 23.4 Å². The van der Waals surface area contributed by atoms with E-state index in [1.807, 2.05) is 44.0 Å². The molecule has 0 unspecified atom stereocenters. The molecule has 1 aliphatic heterocycles. The number of hydrogen-bond acceptors (Lipinski definition) is 5. The smallest absolute Gasteiger partial charge is 0.265 e. The Morgan fingerprint density at radius 2 is 2.06 bits per heavy atom. The van der Waals surface area contributed by atoms with Gasteiger partial charge in [-0.3, -0.25) is 9.78 Å². The molecule has 162 valence electrons. The molecule has 0 spiro atoms. The average molecular weight is 439 g/mol. The van der Waals surface area contributed by atoms with Crippen molar-refractivity contribution in [3.05, 3.63) is 75.3 Å². The molecule has 31 heavy (non-hydrogen) atoms. The largest absolute Gasteiger partial charge is 0.365 e. The van der Waals surface area contributed by atoms with E-state index in [9.17, 15) is 9.18 Å². The summed E-state index contributed by atoms with van der Waals surface area (Å²) in [4.78, 5) is 24.9. The Kier molecular flexibility index (Phi) is 6.32. The number of carbonyl (C=O) groups excluding carboxylic acids is 1. The highest BCUT2D eigenvalue weighted by atomic mass is 32.1. The lowest BCUT2D eigenvalue weighted by molar-refractivity contribution is 0.0710. The molecular formula is C24H27FN4OS. The summed E-state index contributed by atoms with van der Waals surface area (Å²) in [7, 11) is 1.81. The van der Waals surface area contributed by atoms with Gasteiger partial charge in [-0.25, -0.2) is 9.37 Å². The zero-order valence-corrected chi connectivity index (χ0v) is 18.9. The van der Waals surface area contributed by atoms with Gasteiger partial charge in [-0.15, -0.1) is 0 Å². The van der Waals surface area contributed by atoms with Gasteiger partial charge < -0.3 is 10.2 Å². The zero-order chi connectivity index (χ0) is 22.0. The van der Waals surface area contributed by atoms with Crippen LogP contribution in [0.5, 0.6) is 0 Å². The maximum Gasteiger partial charge on any atom is 0.265 e. The number of nitrogens with one attached hydrogen (secondary N) is 1. The van der Waals surface area contributed by atoms with Crippen LogP contribution in [0.25, 0.3) is 0 Å². The van der Waals surface area contributed by atoms with Crippen LogP contribution >= 0.6 is 11.3 Å². The first-order chi connectivity index (χ1) is 14.9. The van der Waals surface area contributed by atoms with Crippen LogP contribution in [0.1, 0.15) is 56.6 Å². The molecule has 5 nitrogen and oxygen atoms in total. The third-order valence-electron chi connectivity index (χ3n) is 5.72. The quantitative estimate of drug-likeness (QED) is 0.613. The summed E-state index contributed by atoms with van der Waals surface area (Å²) in [6.45, 7) is 5.24. The first-order valence-corrected chi connectivity index (χ1v) is 11.4. The molecule has 0 aliphatic carbocycles. The van der Waals surface area contributed by atoms with E-state index in [2.05, 4.69) is 16.4 Å². The Bertz CT molecular complexity index is 1100. The van der Waals surface area contributed by atoms with Crippen molar-refractivity contribution in [3.8, 4) is 0 Å². The second-order valence-corrected chi connectivity index (χ2v) is 9.08. The minimum absolute atomic E-state index is 0.0421. The van der Waals surface area contributed by atoms with Crippen LogP contribution in [0.15, 0.2) is 36.4 Å². The molecule has 2 aromatic heterocycles. The van der Waals surface area contributed by atoms with Gasteiger partial charge in [-0.1, -0.05) is 29.5 Å². The summed E-state index contributed by atoms with van der Waals surface area (Å²) in [5.41, 5.74) is 4.40. The molecule has 0 saturated carbocycles. The summed E-state index contributed by atoms with van der Waals surface area (Å²) in [6, 6.07) is 11.0. The molecule has 7 heteroatoms. The number of thiazole rings is 1. The summed E-state index contributed by atoms with van der Waals surface area (Å²) >= 11 is 1.40. The summed E-state index contributed by atoms with van der Waals surface area (Å²) in [6.07, 6.45) is 2.46. The molecular weight excluding hydrogens is 411 g/mol. The topological polar surface area (TPSA) is 58.1 Å². The predicted molar refractivity (Wildman–Crippen MR) is 122 cm³/mol. The Balaban J connectivity index is 1.54. The standard InChI is InChI=1S/C24H27FN4OS/c1-15-11-17(12-18-7-4-5-9-20(18)25)13-21(27-15)19-8-6-10-29(14-19)23(30)22-16(2)28-24(26-3)31-22/h4-5,7,9,11,13,19H,6,8,10,12,14H2,1-3H3,(H,26,28)/t19-/m0/s1. The lowest BCUT2D eigenvalue weighted by Gasteiger charge is -2.32. The lowest BCUT2D eigenvalue weighted by Crippen LogP contribution is -2.39. The van der Waals surface area contributed by atoms with Crippen molar-refractivity contribution in [2.45, 2.75) is 39.0 Å². The molecule has 0 radical (unpaired) electrons. The number of nitrogens with zero attached hydrogens (tertiary/aromatic N) is 3. The number of piperidine rings is 1. The van der Waals surface area contributed by atoms with E-state index in [1.165, 1.54) is 17.4 Å². The summed E-state index contributed by atoms with van der Waals surface area (Å²) < 4.78 is 14.1. The molecule has 1 atom stereocenters. The molecule has 1 saturated heterocycles. The lowest BCUT2D eigenvalue weighted by atomic mass is 9.92. The maximum atomic E-state index is 14.1. The van der Waals surface area contributed by atoms with Gasteiger partial charge in [0.1, 0.15) is 10.7 Å². The minimum Gasteiger partial charge on any atom is -0.365 e. The average Bonchev–Trinajstić information content (AvgIpc) is 3.15. The van der Waals surface area contributed by atoms with Gasteiger partial charge in [0, 0.05) is 43.9 Å². The van der Waals surface area contributed by atoms with E-state index >= 15 is 0 Å². The van der Waals surface area contributed by atoms with Crippen LogP contribution in [0.4, 0.5) is 9.52 Å². The first kappa shape index (κ1) is 21.4. The number of pyridine rings is 1. The van der Waals surface area contributed by atoms with Crippen LogP contribution in [0.3, 0.4) is 0 Å². The van der Waals surface area contributed by atoms with Crippen molar-refractivity contribution in [3.63, 3.8) is 0 Å². The molecule has 1 N–H and O–H groups in total. The van der Waals surface area contributed by atoms with Gasteiger partial charge in [0.15, 0.2) is 5.13 Å². The van der Waals surface area contributed by atoms with Gasteiger partial charge in [0.25, 0.3) is 5.91 Å². The van der Waals surface area contributed by atoms with Gasteiger partial charge in [-0.05, 0) is 56.0 Å². The summed E-state index contributed by atoms with van der Waals surface area (Å²) in [5.74, 6) is 0.0308. The number of aryl methyl sites for hydroxylation is 2. The van der Waals surface area contributed by atoms with Gasteiger partial charge in [0.05, 0.1) is 5.69 Å². The van der Waals surface area contributed by atoms with Crippen molar-refractivity contribution in [1.82, 2.24) is 14.9 Å². The molecule has 1 aliphatic rings. The number of rotatable bonds is 5. The molecule has 3 aromatic rings. The van der Waals surface area contributed by atoms with E-state index in [4.69, 9.17) is 4.98 Å². The van der Waals surface area contributed by atoms with Crippen LogP contribution in [0, 0.1) is 19.7 Å². The number of carbonyl (C=O) groups is 1.